The number of rotatable bonds is 0. The fourth-order valence-corrected chi connectivity index (χ4v) is 0.955. The Morgan fingerprint density at radius 2 is 2.08 bits per heavy atom. The summed E-state index contributed by atoms with van der Waals surface area (Å²) >= 11 is 5.71. The average Bonchev–Trinajstić information content (AvgIpc) is 2.29. The molecule has 0 aromatic carbocycles. The summed E-state index contributed by atoms with van der Waals surface area (Å²) in [5.41, 5.74) is 0.167. The number of imidazole rings is 1. The molecule has 0 fully saturated rings. The quantitative estimate of drug-likeness (QED) is 0.671. The van der Waals surface area contributed by atoms with Crippen LogP contribution in [0.4, 0.5) is 0 Å². The maximum Gasteiger partial charge on any atom is 0.177 e. The Morgan fingerprint density at radius 1 is 1.50 bits per heavy atom. The van der Waals surface area contributed by atoms with E-state index in [-0.39, 0.29) is 11.1 Å². The Balaban J connectivity index is 3.16. The highest BCUT2D eigenvalue weighted by molar-refractivity contribution is 6.30. The molecule has 0 amide bonds. The normalized spacial score (nSPS) is 11.2. The largest absolute Gasteiger partial charge is 0.331 e. The van der Waals surface area contributed by atoms with Crippen LogP contribution in [-0.2, 0) is 5.41 Å². The van der Waals surface area contributed by atoms with Gasteiger partial charge in [-0.3, -0.25) is 0 Å². The summed E-state index contributed by atoms with van der Waals surface area (Å²) in [7, 11) is 0. The lowest BCUT2D eigenvalue weighted by atomic mass is 9.96. The lowest BCUT2D eigenvalue weighted by molar-refractivity contribution is 0.552. The zero-order valence-corrected chi connectivity index (χ0v) is 8.03. The molecule has 1 heterocycles. The van der Waals surface area contributed by atoms with Crippen molar-refractivity contribution in [2.24, 2.45) is 0 Å². The van der Waals surface area contributed by atoms with Gasteiger partial charge in [0.15, 0.2) is 5.69 Å². The van der Waals surface area contributed by atoms with Gasteiger partial charge in [0.25, 0.3) is 0 Å². The van der Waals surface area contributed by atoms with Gasteiger partial charge in [0.1, 0.15) is 17.0 Å². The van der Waals surface area contributed by atoms with E-state index in [9.17, 15) is 0 Å². The number of nitriles is 1. The molecule has 0 saturated heterocycles. The zero-order chi connectivity index (χ0) is 9.35. The third-order valence-corrected chi connectivity index (χ3v) is 1.75. The molecule has 1 aromatic heterocycles. The molecule has 0 radical (unpaired) electrons. The minimum atomic E-state index is -0.0985. The molecule has 3 nitrogen and oxygen atoms in total. The van der Waals surface area contributed by atoms with Gasteiger partial charge >= 0.3 is 0 Å². The Bertz CT molecular complexity index is 327. The van der Waals surface area contributed by atoms with E-state index < -0.39 is 0 Å². The Morgan fingerprint density at radius 3 is 2.33 bits per heavy atom. The average molecular weight is 184 g/mol. The Kier molecular flexibility index (Phi) is 2.12. The molecule has 0 aliphatic heterocycles. The molecule has 64 valence electrons. The van der Waals surface area contributed by atoms with Gasteiger partial charge in [0, 0.05) is 5.41 Å². The predicted molar refractivity (Wildman–Crippen MR) is 47.0 cm³/mol. The van der Waals surface area contributed by atoms with Crippen LogP contribution in [0.5, 0.6) is 0 Å². The van der Waals surface area contributed by atoms with Gasteiger partial charge in [-0.25, -0.2) is 4.98 Å². The van der Waals surface area contributed by atoms with Gasteiger partial charge < -0.3 is 4.98 Å². The molecule has 0 atom stereocenters. The van der Waals surface area contributed by atoms with Crippen molar-refractivity contribution in [1.82, 2.24) is 9.97 Å². The number of hydrogen-bond acceptors (Lipinski definition) is 2. The molecule has 0 aliphatic rings. The van der Waals surface area contributed by atoms with Gasteiger partial charge in [-0.15, -0.1) is 0 Å². The molecule has 0 bridgehead atoms. The van der Waals surface area contributed by atoms with E-state index in [1.165, 1.54) is 0 Å². The van der Waals surface area contributed by atoms with E-state index in [0.29, 0.717) is 5.15 Å². The number of aromatic nitrogens is 2. The van der Waals surface area contributed by atoms with Gasteiger partial charge in [-0.2, -0.15) is 5.26 Å². The molecule has 0 saturated carbocycles. The topological polar surface area (TPSA) is 52.5 Å². The number of H-pyrrole nitrogens is 1. The van der Waals surface area contributed by atoms with E-state index >= 15 is 0 Å². The molecular formula is C8H10ClN3. The zero-order valence-electron chi connectivity index (χ0n) is 7.27. The Hall–Kier alpha value is -1.01. The van der Waals surface area contributed by atoms with Crippen LogP contribution >= 0.6 is 11.6 Å². The van der Waals surface area contributed by atoms with E-state index in [2.05, 4.69) is 9.97 Å². The molecule has 1 rings (SSSR count). The van der Waals surface area contributed by atoms with Crippen molar-refractivity contribution in [3.8, 4) is 6.07 Å². The van der Waals surface area contributed by atoms with Crippen molar-refractivity contribution in [2.45, 2.75) is 26.2 Å². The summed E-state index contributed by atoms with van der Waals surface area (Å²) in [4.78, 5) is 6.92. The van der Waals surface area contributed by atoms with E-state index in [4.69, 9.17) is 16.9 Å². The van der Waals surface area contributed by atoms with Crippen LogP contribution in [0.25, 0.3) is 0 Å². The number of nitrogens with zero attached hydrogens (tertiary/aromatic N) is 2. The van der Waals surface area contributed by atoms with Crippen LogP contribution < -0.4 is 0 Å². The summed E-state index contributed by atoms with van der Waals surface area (Å²) in [5.74, 6) is 0.740. The van der Waals surface area contributed by atoms with Crippen molar-refractivity contribution in [2.75, 3.05) is 0 Å². The van der Waals surface area contributed by atoms with Gasteiger partial charge in [0.2, 0.25) is 0 Å². The highest BCUT2D eigenvalue weighted by atomic mass is 35.5. The van der Waals surface area contributed by atoms with Crippen LogP contribution in [0.15, 0.2) is 0 Å². The molecule has 0 aliphatic carbocycles. The minimum absolute atomic E-state index is 0.0985. The predicted octanol–water partition coefficient (Wildman–Crippen LogP) is 2.23. The molecule has 0 unspecified atom stereocenters. The van der Waals surface area contributed by atoms with Crippen molar-refractivity contribution in [3.63, 3.8) is 0 Å². The molecule has 12 heavy (non-hydrogen) atoms. The first-order valence-electron chi connectivity index (χ1n) is 3.61. The standard InChI is InChI=1S/C8H10ClN3/c1-8(2,3)7-11-5(4-10)6(9)12-7/h1-3H3,(H,11,12). The van der Waals surface area contributed by atoms with Crippen LogP contribution in [0.1, 0.15) is 32.3 Å². The van der Waals surface area contributed by atoms with E-state index in [0.717, 1.165) is 5.82 Å². The first-order chi connectivity index (χ1) is 5.45. The maximum atomic E-state index is 8.58. The number of nitrogens with one attached hydrogen (secondary N) is 1. The summed E-state index contributed by atoms with van der Waals surface area (Å²) in [6.45, 7) is 6.01. The summed E-state index contributed by atoms with van der Waals surface area (Å²) < 4.78 is 0. The summed E-state index contributed by atoms with van der Waals surface area (Å²) in [5, 5.41) is 8.90. The maximum absolute atomic E-state index is 8.58. The first kappa shape index (κ1) is 9.08. The van der Waals surface area contributed by atoms with Crippen molar-refractivity contribution >= 4 is 11.6 Å². The third kappa shape index (κ3) is 1.59. The molecule has 1 N–H and O–H groups in total. The van der Waals surface area contributed by atoms with Crippen LogP contribution in [0.2, 0.25) is 5.15 Å². The van der Waals surface area contributed by atoms with Gasteiger partial charge in [0.05, 0.1) is 0 Å². The molecule has 0 spiro atoms. The highest BCUT2D eigenvalue weighted by Gasteiger charge is 2.19. The van der Waals surface area contributed by atoms with Gasteiger partial charge in [-0.1, -0.05) is 32.4 Å². The second kappa shape index (κ2) is 2.80. The molecule has 4 heteroatoms. The van der Waals surface area contributed by atoms with Crippen molar-refractivity contribution in [3.05, 3.63) is 16.7 Å². The molecular weight excluding hydrogens is 174 g/mol. The number of aromatic amines is 1. The van der Waals surface area contributed by atoms with Crippen molar-refractivity contribution in [1.29, 1.82) is 5.26 Å². The second-order valence-electron chi connectivity index (χ2n) is 3.61. The summed E-state index contributed by atoms with van der Waals surface area (Å²) in [6.07, 6.45) is 0. The highest BCUT2D eigenvalue weighted by Crippen LogP contribution is 2.22. The third-order valence-electron chi connectivity index (χ3n) is 1.48. The fraction of sp³-hybridized carbons (Fsp3) is 0.500. The fourth-order valence-electron chi connectivity index (χ4n) is 0.781. The smallest absolute Gasteiger partial charge is 0.177 e. The van der Waals surface area contributed by atoms with Gasteiger partial charge in [-0.05, 0) is 0 Å². The monoisotopic (exact) mass is 183 g/mol. The van der Waals surface area contributed by atoms with Crippen LogP contribution in [0.3, 0.4) is 0 Å². The van der Waals surface area contributed by atoms with Crippen LogP contribution in [-0.4, -0.2) is 9.97 Å². The lowest BCUT2D eigenvalue weighted by Crippen LogP contribution is -2.13. The van der Waals surface area contributed by atoms with Crippen LogP contribution in [0, 0.1) is 11.3 Å². The van der Waals surface area contributed by atoms with E-state index in [1.54, 1.807) is 0 Å². The summed E-state index contributed by atoms with van der Waals surface area (Å²) in [6, 6.07) is 1.91. The Labute approximate surface area is 76.4 Å². The number of hydrogen-bond donors (Lipinski definition) is 1. The molecule has 1 aromatic rings. The van der Waals surface area contributed by atoms with E-state index in [1.807, 2.05) is 26.8 Å². The second-order valence-corrected chi connectivity index (χ2v) is 3.99. The lowest BCUT2D eigenvalue weighted by Gasteiger charge is -2.13. The minimum Gasteiger partial charge on any atom is -0.331 e. The SMILES string of the molecule is CC(C)(C)c1nc(C#N)c(Cl)[nH]1. The van der Waals surface area contributed by atoms with Crippen molar-refractivity contribution < 1.29 is 0 Å². The number of halogens is 1. The first-order valence-corrected chi connectivity index (χ1v) is 3.99.